The maximum Gasteiger partial charge on any atom is 0.243 e. The van der Waals surface area contributed by atoms with Gasteiger partial charge in [0.25, 0.3) is 0 Å². The first-order chi connectivity index (χ1) is 16.9. The Bertz CT molecular complexity index is 1140. The molecule has 2 aromatic rings. The van der Waals surface area contributed by atoms with E-state index in [1.807, 2.05) is 0 Å². The van der Waals surface area contributed by atoms with Crippen LogP contribution in [-0.4, -0.2) is 38.8 Å². The lowest BCUT2D eigenvalue weighted by Crippen LogP contribution is -2.35. The van der Waals surface area contributed by atoms with Crippen LogP contribution in [0.5, 0.6) is 5.75 Å². The van der Waals surface area contributed by atoms with Crippen LogP contribution in [0.25, 0.3) is 0 Å². The van der Waals surface area contributed by atoms with Gasteiger partial charge in [-0.1, -0.05) is 31.5 Å². The first-order valence-corrected chi connectivity index (χ1v) is 14.4. The van der Waals surface area contributed by atoms with Crippen molar-refractivity contribution in [1.82, 2.24) is 9.62 Å². The zero-order valence-corrected chi connectivity index (χ0v) is 21.8. The molecule has 7 heteroatoms. The van der Waals surface area contributed by atoms with Crippen molar-refractivity contribution in [3.8, 4) is 5.75 Å². The molecule has 1 amide bonds. The van der Waals surface area contributed by atoms with E-state index in [-0.39, 0.29) is 23.3 Å². The summed E-state index contributed by atoms with van der Waals surface area (Å²) in [6, 6.07) is 11.6. The normalized spacial score (nSPS) is 17.4. The van der Waals surface area contributed by atoms with Crippen LogP contribution in [0, 0.1) is 0 Å². The van der Waals surface area contributed by atoms with Crippen molar-refractivity contribution in [2.24, 2.45) is 0 Å². The van der Waals surface area contributed by atoms with E-state index in [1.54, 1.807) is 29.6 Å². The highest BCUT2D eigenvalue weighted by molar-refractivity contribution is 7.89. The number of benzene rings is 2. The van der Waals surface area contributed by atoms with E-state index in [1.165, 1.54) is 24.0 Å². The molecule has 1 atom stereocenters. The van der Waals surface area contributed by atoms with Crippen molar-refractivity contribution < 1.29 is 17.9 Å². The van der Waals surface area contributed by atoms with Gasteiger partial charge in [0, 0.05) is 19.5 Å². The molecule has 4 rings (SSSR count). The quantitative estimate of drug-likeness (QED) is 0.531. The van der Waals surface area contributed by atoms with Crippen molar-refractivity contribution in [3.05, 3.63) is 58.7 Å². The number of methoxy groups -OCH3 is 1. The van der Waals surface area contributed by atoms with Crippen LogP contribution in [0.4, 0.5) is 0 Å². The van der Waals surface area contributed by atoms with Gasteiger partial charge >= 0.3 is 0 Å². The highest BCUT2D eigenvalue weighted by Gasteiger charge is 2.27. The Morgan fingerprint density at radius 2 is 1.74 bits per heavy atom. The summed E-state index contributed by atoms with van der Waals surface area (Å²) in [4.78, 5) is 13.2. The van der Waals surface area contributed by atoms with Gasteiger partial charge in [0.2, 0.25) is 15.9 Å². The summed E-state index contributed by atoms with van der Waals surface area (Å²) in [5, 5.41) is 3.19. The molecule has 1 N–H and O–H groups in total. The smallest absolute Gasteiger partial charge is 0.243 e. The molecular weight excluding hydrogens is 460 g/mol. The number of piperidine rings is 1. The second-order valence-corrected chi connectivity index (χ2v) is 11.6. The fourth-order valence-corrected chi connectivity index (χ4v) is 6.84. The lowest BCUT2D eigenvalue weighted by atomic mass is 9.88. The molecule has 190 valence electrons. The van der Waals surface area contributed by atoms with E-state index in [0.29, 0.717) is 25.3 Å². The molecule has 0 radical (unpaired) electrons. The third-order valence-electron chi connectivity index (χ3n) is 7.34. The Labute approximate surface area is 210 Å². The van der Waals surface area contributed by atoms with Gasteiger partial charge in [-0.2, -0.15) is 4.31 Å². The fraction of sp³-hybridized carbons (Fsp3) is 0.536. The van der Waals surface area contributed by atoms with Crippen LogP contribution in [0.2, 0.25) is 0 Å². The number of hydrogen-bond donors (Lipinski definition) is 1. The second kappa shape index (κ2) is 11.6. The zero-order valence-electron chi connectivity index (χ0n) is 21.0. The van der Waals surface area contributed by atoms with E-state index in [4.69, 9.17) is 4.74 Å². The molecule has 0 saturated carbocycles. The van der Waals surface area contributed by atoms with Crippen LogP contribution in [0.3, 0.4) is 0 Å². The van der Waals surface area contributed by atoms with Crippen LogP contribution in [-0.2, 0) is 34.1 Å². The molecule has 0 bridgehead atoms. The first kappa shape index (κ1) is 25.7. The summed E-state index contributed by atoms with van der Waals surface area (Å²) < 4.78 is 33.3. The Hall–Kier alpha value is -2.38. The van der Waals surface area contributed by atoms with Crippen molar-refractivity contribution in [2.45, 2.75) is 82.1 Å². The number of nitrogens with zero attached hydrogens (tertiary/aromatic N) is 1. The number of ether oxygens (including phenoxy) is 1. The number of carbonyl (C=O) groups is 1. The van der Waals surface area contributed by atoms with E-state index < -0.39 is 10.0 Å². The third kappa shape index (κ3) is 6.07. The van der Waals surface area contributed by atoms with E-state index in [0.717, 1.165) is 49.7 Å². The van der Waals surface area contributed by atoms with Crippen molar-refractivity contribution in [3.63, 3.8) is 0 Å². The number of fused-ring (bicyclic) bond motifs is 1. The molecule has 35 heavy (non-hydrogen) atoms. The van der Waals surface area contributed by atoms with Gasteiger partial charge in [-0.15, -0.1) is 0 Å². The number of rotatable bonds is 9. The largest absolute Gasteiger partial charge is 0.496 e. The number of hydrogen-bond acceptors (Lipinski definition) is 4. The highest BCUT2D eigenvalue weighted by atomic mass is 32.2. The lowest BCUT2D eigenvalue weighted by molar-refractivity contribution is -0.121. The summed E-state index contributed by atoms with van der Waals surface area (Å²) in [6.45, 7) is 3.21. The summed E-state index contributed by atoms with van der Waals surface area (Å²) >= 11 is 0. The summed E-state index contributed by atoms with van der Waals surface area (Å²) in [7, 11) is -1.97. The number of nitrogens with one attached hydrogen (secondary N) is 1. The summed E-state index contributed by atoms with van der Waals surface area (Å²) in [5.74, 6) is 0.568. The Morgan fingerprint density at radius 1 is 1.00 bits per heavy atom. The predicted molar refractivity (Wildman–Crippen MR) is 138 cm³/mol. The van der Waals surface area contributed by atoms with Crippen LogP contribution in [0.15, 0.2) is 41.3 Å². The van der Waals surface area contributed by atoms with Crippen LogP contribution >= 0.6 is 0 Å². The van der Waals surface area contributed by atoms with Gasteiger partial charge in [0.05, 0.1) is 18.0 Å². The van der Waals surface area contributed by atoms with E-state index in [9.17, 15) is 13.2 Å². The molecule has 1 aliphatic carbocycles. The minimum absolute atomic E-state index is 0.0255. The monoisotopic (exact) mass is 498 g/mol. The fourth-order valence-electron chi connectivity index (χ4n) is 5.27. The zero-order chi connectivity index (χ0) is 24.8. The van der Waals surface area contributed by atoms with Crippen molar-refractivity contribution in [2.75, 3.05) is 20.2 Å². The average molecular weight is 499 g/mol. The molecule has 1 aliphatic heterocycles. The Morgan fingerprint density at radius 3 is 2.46 bits per heavy atom. The van der Waals surface area contributed by atoms with Crippen molar-refractivity contribution >= 4 is 15.9 Å². The van der Waals surface area contributed by atoms with Gasteiger partial charge < -0.3 is 10.1 Å². The standard InChI is InChI=1S/C28H38N2O4S/c1-3-26(23-12-11-21-9-5-6-10-22(21)19-23)29-28(31)16-13-24-20-25(14-15-27(24)34-2)35(32,33)30-17-7-4-8-18-30/h11-12,14-15,19-20,26H,3-10,13,16-18H2,1-2H3,(H,29,31)/t26-/m0/s1. The molecule has 2 aliphatic rings. The molecular formula is C28H38N2O4S. The summed E-state index contributed by atoms with van der Waals surface area (Å²) in [5.41, 5.74) is 4.75. The highest BCUT2D eigenvalue weighted by Crippen LogP contribution is 2.28. The number of carbonyl (C=O) groups excluding carboxylic acids is 1. The van der Waals surface area contributed by atoms with E-state index >= 15 is 0 Å². The molecule has 0 unspecified atom stereocenters. The van der Waals surface area contributed by atoms with Crippen molar-refractivity contribution in [1.29, 1.82) is 0 Å². The predicted octanol–water partition coefficient (Wildman–Crippen LogP) is 4.95. The molecule has 0 aromatic heterocycles. The molecule has 0 spiro atoms. The first-order valence-electron chi connectivity index (χ1n) is 13.0. The van der Waals surface area contributed by atoms with Gasteiger partial charge in [-0.05, 0) is 91.8 Å². The van der Waals surface area contributed by atoms with Gasteiger partial charge in [0.15, 0.2) is 0 Å². The maximum atomic E-state index is 13.1. The van der Waals surface area contributed by atoms with Gasteiger partial charge in [0.1, 0.15) is 5.75 Å². The Kier molecular flexibility index (Phi) is 8.50. The molecule has 2 aromatic carbocycles. The summed E-state index contributed by atoms with van der Waals surface area (Å²) in [6.07, 6.45) is 9.10. The maximum absolute atomic E-state index is 13.1. The Balaban J connectivity index is 1.43. The average Bonchev–Trinajstić information content (AvgIpc) is 2.90. The minimum Gasteiger partial charge on any atom is -0.496 e. The molecule has 6 nitrogen and oxygen atoms in total. The van der Waals surface area contributed by atoms with Crippen LogP contribution in [0.1, 0.15) is 80.2 Å². The number of sulfonamides is 1. The molecule has 1 saturated heterocycles. The lowest BCUT2D eigenvalue weighted by Gasteiger charge is -2.26. The second-order valence-electron chi connectivity index (χ2n) is 9.70. The van der Waals surface area contributed by atoms with Gasteiger partial charge in [-0.25, -0.2) is 8.42 Å². The minimum atomic E-state index is -3.54. The van der Waals surface area contributed by atoms with Gasteiger partial charge in [-0.3, -0.25) is 4.79 Å². The molecule has 1 heterocycles. The third-order valence-corrected chi connectivity index (χ3v) is 9.24. The number of amides is 1. The van der Waals surface area contributed by atoms with Crippen LogP contribution < -0.4 is 10.1 Å². The van der Waals surface area contributed by atoms with E-state index in [2.05, 4.69) is 30.4 Å². The molecule has 1 fully saturated rings. The number of aryl methyl sites for hydroxylation is 3. The topological polar surface area (TPSA) is 75.7 Å². The SMILES string of the molecule is CC[C@H](NC(=O)CCc1cc(S(=O)(=O)N2CCCCC2)ccc1OC)c1ccc2c(c1)CCCC2.